The Morgan fingerprint density at radius 2 is 2.23 bits per heavy atom. The number of aryl methyl sites for hydroxylation is 2. The van der Waals surface area contributed by atoms with Gasteiger partial charge in [-0.3, -0.25) is 4.79 Å². The Morgan fingerprint density at radius 1 is 1.41 bits per heavy atom. The SMILES string of the molecule is Cc1cccc(C(=O)N2CCCC(F)(c3nc(C)no3)C2)c1. The summed E-state index contributed by atoms with van der Waals surface area (Å²) in [6.45, 7) is 4.05. The number of carbonyl (C=O) groups excluding carboxylic acids is 1. The fraction of sp³-hybridized carbons (Fsp3) is 0.438. The molecule has 3 rings (SSSR count). The van der Waals surface area contributed by atoms with Crippen molar-refractivity contribution in [3.05, 3.63) is 47.1 Å². The number of likely N-dealkylation sites (tertiary alicyclic amines) is 1. The van der Waals surface area contributed by atoms with Crippen LogP contribution in [0.25, 0.3) is 0 Å². The van der Waals surface area contributed by atoms with Gasteiger partial charge in [-0.05, 0) is 38.8 Å². The lowest BCUT2D eigenvalue weighted by Crippen LogP contribution is -2.46. The number of nitrogens with zero attached hydrogens (tertiary/aromatic N) is 3. The third-order valence-electron chi connectivity index (χ3n) is 3.91. The highest BCUT2D eigenvalue weighted by Crippen LogP contribution is 2.35. The summed E-state index contributed by atoms with van der Waals surface area (Å²) in [5, 5.41) is 3.65. The first-order valence-corrected chi connectivity index (χ1v) is 7.34. The second kappa shape index (κ2) is 5.51. The molecular formula is C16H18FN3O2. The predicted molar refractivity (Wildman–Crippen MR) is 78.1 cm³/mol. The molecule has 1 saturated heterocycles. The lowest BCUT2D eigenvalue weighted by Gasteiger charge is -2.35. The highest BCUT2D eigenvalue weighted by atomic mass is 19.1. The van der Waals surface area contributed by atoms with E-state index >= 15 is 4.39 Å². The molecule has 0 spiro atoms. The van der Waals surface area contributed by atoms with E-state index in [4.69, 9.17) is 4.52 Å². The molecule has 2 heterocycles. The monoisotopic (exact) mass is 303 g/mol. The zero-order chi connectivity index (χ0) is 15.7. The van der Waals surface area contributed by atoms with Gasteiger partial charge in [-0.1, -0.05) is 22.9 Å². The van der Waals surface area contributed by atoms with E-state index in [1.807, 2.05) is 25.1 Å². The van der Waals surface area contributed by atoms with Gasteiger partial charge in [0.05, 0.1) is 6.54 Å². The number of benzene rings is 1. The number of piperidine rings is 1. The molecule has 2 aromatic rings. The summed E-state index contributed by atoms with van der Waals surface area (Å²) in [6.07, 6.45) is 0.849. The Morgan fingerprint density at radius 3 is 2.91 bits per heavy atom. The second-order valence-corrected chi connectivity index (χ2v) is 5.81. The van der Waals surface area contributed by atoms with Gasteiger partial charge in [0, 0.05) is 12.1 Å². The van der Waals surface area contributed by atoms with Gasteiger partial charge in [-0.25, -0.2) is 4.39 Å². The normalized spacial score (nSPS) is 21.9. The van der Waals surface area contributed by atoms with Gasteiger partial charge in [0.25, 0.3) is 11.8 Å². The average molecular weight is 303 g/mol. The molecule has 1 amide bonds. The van der Waals surface area contributed by atoms with Crippen LogP contribution in [0.1, 0.15) is 40.5 Å². The van der Waals surface area contributed by atoms with Crippen molar-refractivity contribution in [1.29, 1.82) is 0 Å². The summed E-state index contributed by atoms with van der Waals surface area (Å²) < 4.78 is 20.1. The molecule has 1 fully saturated rings. The van der Waals surface area contributed by atoms with E-state index in [2.05, 4.69) is 10.1 Å². The van der Waals surface area contributed by atoms with Crippen molar-refractivity contribution in [1.82, 2.24) is 15.0 Å². The lowest BCUT2D eigenvalue weighted by molar-refractivity contribution is 0.0152. The van der Waals surface area contributed by atoms with Crippen molar-refractivity contribution in [2.24, 2.45) is 0 Å². The molecular weight excluding hydrogens is 285 g/mol. The largest absolute Gasteiger partial charge is 0.336 e. The highest BCUT2D eigenvalue weighted by molar-refractivity contribution is 5.94. The van der Waals surface area contributed by atoms with Crippen molar-refractivity contribution < 1.29 is 13.7 Å². The Kier molecular flexibility index (Phi) is 3.68. The van der Waals surface area contributed by atoms with Gasteiger partial charge in [0.15, 0.2) is 5.82 Å². The van der Waals surface area contributed by atoms with E-state index in [0.29, 0.717) is 24.4 Å². The molecule has 1 aromatic heterocycles. The van der Waals surface area contributed by atoms with E-state index in [1.165, 1.54) is 4.90 Å². The maximum absolute atomic E-state index is 15.1. The topological polar surface area (TPSA) is 59.2 Å². The fourth-order valence-electron chi connectivity index (χ4n) is 2.80. The quantitative estimate of drug-likeness (QED) is 0.856. The molecule has 1 atom stereocenters. The number of amides is 1. The molecule has 1 aliphatic heterocycles. The molecule has 0 aliphatic carbocycles. The average Bonchev–Trinajstić information content (AvgIpc) is 2.94. The maximum atomic E-state index is 15.1. The number of rotatable bonds is 2. The van der Waals surface area contributed by atoms with Crippen LogP contribution in [0.4, 0.5) is 4.39 Å². The molecule has 0 saturated carbocycles. The van der Waals surface area contributed by atoms with Gasteiger partial charge in [0.2, 0.25) is 5.67 Å². The Balaban J connectivity index is 1.82. The molecule has 5 nitrogen and oxygen atoms in total. The Bertz CT molecular complexity index is 700. The first-order valence-electron chi connectivity index (χ1n) is 7.34. The van der Waals surface area contributed by atoms with Crippen LogP contribution in [-0.4, -0.2) is 34.0 Å². The van der Waals surface area contributed by atoms with Crippen molar-refractivity contribution >= 4 is 5.91 Å². The standard InChI is InChI=1S/C16H18FN3O2/c1-11-5-3-6-13(9-11)14(21)20-8-4-7-16(17,10-20)15-18-12(2)19-22-15/h3,5-6,9H,4,7-8,10H2,1-2H3. The number of aromatic nitrogens is 2. The number of halogens is 1. The van der Waals surface area contributed by atoms with Crippen LogP contribution < -0.4 is 0 Å². The number of alkyl halides is 1. The van der Waals surface area contributed by atoms with E-state index < -0.39 is 5.67 Å². The summed E-state index contributed by atoms with van der Waals surface area (Å²) in [6, 6.07) is 7.32. The van der Waals surface area contributed by atoms with Crippen LogP contribution in [0.5, 0.6) is 0 Å². The molecule has 0 bridgehead atoms. The number of carbonyl (C=O) groups is 1. The van der Waals surface area contributed by atoms with E-state index in [9.17, 15) is 4.79 Å². The molecule has 6 heteroatoms. The van der Waals surface area contributed by atoms with Gasteiger partial charge >= 0.3 is 0 Å². The third-order valence-corrected chi connectivity index (χ3v) is 3.91. The number of hydrogen-bond acceptors (Lipinski definition) is 4. The summed E-state index contributed by atoms with van der Waals surface area (Å²) >= 11 is 0. The highest BCUT2D eigenvalue weighted by Gasteiger charge is 2.43. The van der Waals surface area contributed by atoms with Crippen molar-refractivity contribution in [2.45, 2.75) is 32.4 Å². The number of hydrogen-bond donors (Lipinski definition) is 0. The minimum absolute atomic E-state index is 0.0354. The molecule has 0 N–H and O–H groups in total. The summed E-state index contributed by atoms with van der Waals surface area (Å²) in [4.78, 5) is 18.1. The van der Waals surface area contributed by atoms with Gasteiger partial charge < -0.3 is 9.42 Å². The van der Waals surface area contributed by atoms with Crippen LogP contribution >= 0.6 is 0 Å². The first-order chi connectivity index (χ1) is 10.5. The van der Waals surface area contributed by atoms with Gasteiger partial charge in [0.1, 0.15) is 0 Å². The zero-order valence-electron chi connectivity index (χ0n) is 12.7. The lowest BCUT2D eigenvalue weighted by atomic mass is 9.94. The van der Waals surface area contributed by atoms with Crippen LogP contribution in [0, 0.1) is 13.8 Å². The maximum Gasteiger partial charge on any atom is 0.266 e. The first kappa shape index (κ1) is 14.7. The van der Waals surface area contributed by atoms with Crippen LogP contribution in [0.15, 0.2) is 28.8 Å². The summed E-state index contributed by atoms with van der Waals surface area (Å²) in [5.74, 6) is 0.197. The molecule has 0 radical (unpaired) electrons. The van der Waals surface area contributed by atoms with Gasteiger partial charge in [-0.2, -0.15) is 4.98 Å². The third kappa shape index (κ3) is 2.73. The summed E-state index contributed by atoms with van der Waals surface area (Å²) in [5.41, 5.74) is -0.188. The molecule has 1 unspecified atom stereocenters. The molecule has 116 valence electrons. The van der Waals surface area contributed by atoms with Gasteiger partial charge in [-0.15, -0.1) is 0 Å². The zero-order valence-corrected chi connectivity index (χ0v) is 12.7. The Hall–Kier alpha value is -2.24. The molecule has 1 aromatic carbocycles. The summed E-state index contributed by atoms with van der Waals surface area (Å²) in [7, 11) is 0. The van der Waals surface area contributed by atoms with Crippen molar-refractivity contribution in [3.63, 3.8) is 0 Å². The van der Waals surface area contributed by atoms with Crippen molar-refractivity contribution in [2.75, 3.05) is 13.1 Å². The Labute approximate surface area is 128 Å². The van der Waals surface area contributed by atoms with Crippen LogP contribution in [-0.2, 0) is 5.67 Å². The van der Waals surface area contributed by atoms with E-state index in [-0.39, 0.29) is 24.8 Å². The molecule has 22 heavy (non-hydrogen) atoms. The van der Waals surface area contributed by atoms with E-state index in [1.54, 1.807) is 13.0 Å². The minimum atomic E-state index is -1.76. The minimum Gasteiger partial charge on any atom is -0.336 e. The van der Waals surface area contributed by atoms with E-state index in [0.717, 1.165) is 5.56 Å². The smallest absolute Gasteiger partial charge is 0.266 e. The van der Waals surface area contributed by atoms with Crippen LogP contribution in [0.3, 0.4) is 0 Å². The predicted octanol–water partition coefficient (Wildman–Crippen LogP) is 2.79. The molecule has 1 aliphatic rings. The second-order valence-electron chi connectivity index (χ2n) is 5.81. The van der Waals surface area contributed by atoms with Crippen molar-refractivity contribution in [3.8, 4) is 0 Å². The fourth-order valence-corrected chi connectivity index (χ4v) is 2.80. The van der Waals surface area contributed by atoms with Crippen LogP contribution in [0.2, 0.25) is 0 Å².